The standard InChI is InChI=1S/C10H19NO3S/c11-9-4-1-5-10(9)15(12,13)7-8-3-2-6-14-8/h8-10H,1-7,11H2. The van der Waals surface area contributed by atoms with Gasteiger partial charge in [0.25, 0.3) is 0 Å². The molecule has 0 aromatic heterocycles. The molecule has 0 amide bonds. The summed E-state index contributed by atoms with van der Waals surface area (Å²) in [6, 6.07) is -0.156. The lowest BCUT2D eigenvalue weighted by molar-refractivity contribution is 0.127. The highest BCUT2D eigenvalue weighted by Gasteiger charge is 2.37. The van der Waals surface area contributed by atoms with Crippen LogP contribution in [0.15, 0.2) is 0 Å². The van der Waals surface area contributed by atoms with Crippen LogP contribution in [0.2, 0.25) is 0 Å². The minimum atomic E-state index is -3.04. The van der Waals surface area contributed by atoms with Gasteiger partial charge in [-0.25, -0.2) is 8.42 Å². The average molecular weight is 233 g/mol. The van der Waals surface area contributed by atoms with Gasteiger partial charge in [-0.05, 0) is 25.7 Å². The van der Waals surface area contributed by atoms with E-state index in [-0.39, 0.29) is 23.1 Å². The molecule has 3 unspecified atom stereocenters. The van der Waals surface area contributed by atoms with E-state index >= 15 is 0 Å². The molecule has 88 valence electrons. The van der Waals surface area contributed by atoms with Crippen molar-refractivity contribution in [1.82, 2.24) is 0 Å². The fourth-order valence-corrected chi connectivity index (χ4v) is 4.78. The van der Waals surface area contributed by atoms with E-state index in [2.05, 4.69) is 0 Å². The van der Waals surface area contributed by atoms with Crippen LogP contribution in [0, 0.1) is 0 Å². The van der Waals surface area contributed by atoms with Crippen LogP contribution in [0.1, 0.15) is 32.1 Å². The molecular weight excluding hydrogens is 214 g/mol. The Morgan fingerprint density at radius 1 is 1.20 bits per heavy atom. The Labute approximate surface area is 91.1 Å². The number of nitrogens with two attached hydrogens (primary N) is 1. The van der Waals surface area contributed by atoms with Crippen LogP contribution in [-0.4, -0.2) is 38.2 Å². The van der Waals surface area contributed by atoms with Crippen LogP contribution in [0.3, 0.4) is 0 Å². The van der Waals surface area contributed by atoms with Crippen molar-refractivity contribution in [1.29, 1.82) is 0 Å². The maximum absolute atomic E-state index is 12.0. The Morgan fingerprint density at radius 2 is 2.00 bits per heavy atom. The lowest BCUT2D eigenvalue weighted by Gasteiger charge is -2.18. The molecule has 15 heavy (non-hydrogen) atoms. The van der Waals surface area contributed by atoms with E-state index < -0.39 is 9.84 Å². The van der Waals surface area contributed by atoms with Gasteiger partial charge in [0.2, 0.25) is 0 Å². The van der Waals surface area contributed by atoms with Gasteiger partial charge in [0.05, 0.1) is 17.1 Å². The zero-order valence-electron chi connectivity index (χ0n) is 8.89. The summed E-state index contributed by atoms with van der Waals surface area (Å²) in [6.45, 7) is 0.705. The number of sulfone groups is 1. The molecular formula is C10H19NO3S. The van der Waals surface area contributed by atoms with Gasteiger partial charge in [0.15, 0.2) is 9.84 Å². The van der Waals surface area contributed by atoms with E-state index in [0.717, 1.165) is 32.1 Å². The molecule has 4 nitrogen and oxygen atoms in total. The Kier molecular flexibility index (Phi) is 3.33. The Morgan fingerprint density at radius 3 is 2.53 bits per heavy atom. The molecule has 2 fully saturated rings. The van der Waals surface area contributed by atoms with Gasteiger partial charge in [0.1, 0.15) is 0 Å². The van der Waals surface area contributed by atoms with Crippen molar-refractivity contribution >= 4 is 9.84 Å². The van der Waals surface area contributed by atoms with Crippen molar-refractivity contribution in [2.24, 2.45) is 5.73 Å². The lowest BCUT2D eigenvalue weighted by atomic mass is 10.3. The van der Waals surface area contributed by atoms with E-state index in [1.165, 1.54) is 0 Å². The van der Waals surface area contributed by atoms with Crippen LogP contribution < -0.4 is 5.73 Å². The van der Waals surface area contributed by atoms with E-state index in [9.17, 15) is 8.42 Å². The summed E-state index contributed by atoms with van der Waals surface area (Å²) >= 11 is 0. The summed E-state index contributed by atoms with van der Waals surface area (Å²) in [4.78, 5) is 0. The minimum absolute atomic E-state index is 0.0807. The quantitative estimate of drug-likeness (QED) is 0.769. The zero-order chi connectivity index (χ0) is 10.9. The van der Waals surface area contributed by atoms with Crippen LogP contribution in [-0.2, 0) is 14.6 Å². The molecule has 1 aliphatic heterocycles. The molecule has 0 radical (unpaired) electrons. The molecule has 0 spiro atoms. The van der Waals surface area contributed by atoms with E-state index in [0.29, 0.717) is 6.61 Å². The highest BCUT2D eigenvalue weighted by Crippen LogP contribution is 2.26. The molecule has 5 heteroatoms. The van der Waals surface area contributed by atoms with E-state index in [4.69, 9.17) is 10.5 Å². The Hall–Kier alpha value is -0.130. The average Bonchev–Trinajstić information content (AvgIpc) is 2.75. The number of rotatable bonds is 3. The largest absolute Gasteiger partial charge is 0.377 e. The number of hydrogen-bond acceptors (Lipinski definition) is 4. The normalized spacial score (nSPS) is 37.3. The second-order valence-electron chi connectivity index (χ2n) is 4.60. The molecule has 0 bridgehead atoms. The molecule has 1 saturated carbocycles. The fraction of sp³-hybridized carbons (Fsp3) is 1.00. The first-order valence-corrected chi connectivity index (χ1v) is 7.40. The van der Waals surface area contributed by atoms with Gasteiger partial charge in [-0.15, -0.1) is 0 Å². The van der Waals surface area contributed by atoms with Crippen molar-refractivity contribution in [3.05, 3.63) is 0 Å². The summed E-state index contributed by atoms with van der Waals surface area (Å²) in [5.41, 5.74) is 5.82. The summed E-state index contributed by atoms with van der Waals surface area (Å²) < 4.78 is 29.4. The van der Waals surface area contributed by atoms with Crippen LogP contribution >= 0.6 is 0 Å². The summed E-state index contributed by atoms with van der Waals surface area (Å²) in [7, 11) is -3.04. The maximum Gasteiger partial charge on any atom is 0.157 e. The van der Waals surface area contributed by atoms with Crippen molar-refractivity contribution in [2.45, 2.75) is 49.5 Å². The smallest absolute Gasteiger partial charge is 0.157 e. The SMILES string of the molecule is NC1CCCC1S(=O)(=O)CC1CCCO1. The molecule has 2 aliphatic rings. The molecule has 3 atom stereocenters. The highest BCUT2D eigenvalue weighted by atomic mass is 32.2. The van der Waals surface area contributed by atoms with Crippen molar-refractivity contribution < 1.29 is 13.2 Å². The minimum Gasteiger partial charge on any atom is -0.377 e. The molecule has 1 saturated heterocycles. The molecule has 1 heterocycles. The Balaban J connectivity index is 1.99. The van der Waals surface area contributed by atoms with E-state index in [1.54, 1.807) is 0 Å². The van der Waals surface area contributed by atoms with Crippen molar-refractivity contribution in [3.63, 3.8) is 0 Å². The molecule has 0 aromatic carbocycles. The van der Waals surface area contributed by atoms with Gasteiger partial charge in [-0.3, -0.25) is 0 Å². The molecule has 1 aliphatic carbocycles. The van der Waals surface area contributed by atoms with Crippen LogP contribution in [0.25, 0.3) is 0 Å². The van der Waals surface area contributed by atoms with Crippen LogP contribution in [0.4, 0.5) is 0 Å². The third kappa shape index (κ3) is 2.52. The predicted molar refractivity (Wildman–Crippen MR) is 58.4 cm³/mol. The predicted octanol–water partition coefficient (Wildman–Crippen LogP) is 0.460. The van der Waals surface area contributed by atoms with Gasteiger partial charge in [-0.2, -0.15) is 0 Å². The van der Waals surface area contributed by atoms with Gasteiger partial charge < -0.3 is 10.5 Å². The molecule has 2 rings (SSSR count). The fourth-order valence-electron chi connectivity index (χ4n) is 2.56. The summed E-state index contributed by atoms with van der Waals surface area (Å²) in [5.74, 6) is 0.172. The monoisotopic (exact) mass is 233 g/mol. The first-order valence-electron chi connectivity index (χ1n) is 5.68. The topological polar surface area (TPSA) is 69.4 Å². The van der Waals surface area contributed by atoms with Gasteiger partial charge in [-0.1, -0.05) is 6.42 Å². The van der Waals surface area contributed by atoms with E-state index in [1.807, 2.05) is 0 Å². The molecule has 2 N–H and O–H groups in total. The van der Waals surface area contributed by atoms with Crippen LogP contribution in [0.5, 0.6) is 0 Å². The molecule has 0 aromatic rings. The number of hydrogen-bond donors (Lipinski definition) is 1. The number of ether oxygens (including phenoxy) is 1. The first kappa shape index (κ1) is 11.4. The second-order valence-corrected chi connectivity index (χ2v) is 6.86. The van der Waals surface area contributed by atoms with Crippen molar-refractivity contribution in [3.8, 4) is 0 Å². The van der Waals surface area contributed by atoms with Crippen molar-refractivity contribution in [2.75, 3.05) is 12.4 Å². The third-order valence-corrected chi connectivity index (χ3v) is 5.75. The first-order chi connectivity index (χ1) is 7.09. The van der Waals surface area contributed by atoms with Gasteiger partial charge in [0, 0.05) is 12.6 Å². The maximum atomic E-state index is 12.0. The second kappa shape index (κ2) is 4.39. The lowest BCUT2D eigenvalue weighted by Crippen LogP contribution is -2.39. The summed E-state index contributed by atoms with van der Waals surface area (Å²) in [5, 5.41) is -0.318. The highest BCUT2D eigenvalue weighted by molar-refractivity contribution is 7.92. The van der Waals surface area contributed by atoms with Gasteiger partial charge >= 0.3 is 0 Å². The Bertz CT molecular complexity index is 309. The summed E-state index contributed by atoms with van der Waals surface area (Å²) in [6.07, 6.45) is 4.29. The zero-order valence-corrected chi connectivity index (χ0v) is 9.71. The third-order valence-electron chi connectivity index (χ3n) is 3.41.